The van der Waals surface area contributed by atoms with Crippen LogP contribution < -0.4 is 10.6 Å². The van der Waals surface area contributed by atoms with Gasteiger partial charge in [-0.25, -0.2) is 0 Å². The Morgan fingerprint density at radius 3 is 2.60 bits per heavy atom. The third-order valence-corrected chi connectivity index (χ3v) is 4.94. The van der Waals surface area contributed by atoms with Crippen LogP contribution in [0.15, 0.2) is 29.3 Å². The molecule has 1 fully saturated rings. The molecule has 1 aromatic rings. The molecule has 5 nitrogen and oxygen atoms in total. The Morgan fingerprint density at radius 1 is 1.28 bits per heavy atom. The second-order valence-electron chi connectivity index (χ2n) is 7.11. The molecule has 1 heterocycles. The lowest BCUT2D eigenvalue weighted by Crippen LogP contribution is -2.46. The van der Waals surface area contributed by atoms with E-state index in [1.165, 1.54) is 11.1 Å². The summed E-state index contributed by atoms with van der Waals surface area (Å²) in [4.78, 5) is 6.93. The van der Waals surface area contributed by atoms with Crippen molar-refractivity contribution < 1.29 is 4.74 Å². The molecule has 2 N–H and O–H groups in total. The zero-order valence-electron chi connectivity index (χ0n) is 16.4. The van der Waals surface area contributed by atoms with Crippen molar-refractivity contribution >= 4 is 5.96 Å². The predicted octanol–water partition coefficient (Wildman–Crippen LogP) is 2.62. The summed E-state index contributed by atoms with van der Waals surface area (Å²) in [6, 6.07) is 9.44. The highest BCUT2D eigenvalue weighted by atomic mass is 16.5. The molecule has 2 atom stereocenters. The summed E-state index contributed by atoms with van der Waals surface area (Å²) in [6.45, 7) is 13.2. The van der Waals surface area contributed by atoms with Gasteiger partial charge in [-0.3, -0.25) is 9.89 Å². The van der Waals surface area contributed by atoms with Crippen LogP contribution in [0.4, 0.5) is 0 Å². The fourth-order valence-corrected chi connectivity index (χ4v) is 3.25. The Labute approximate surface area is 152 Å². The van der Waals surface area contributed by atoms with E-state index in [9.17, 15) is 0 Å². The third kappa shape index (κ3) is 5.72. The number of ether oxygens (including phenoxy) is 1. The molecule has 1 aliphatic rings. The zero-order chi connectivity index (χ0) is 18.2. The second-order valence-corrected chi connectivity index (χ2v) is 7.11. The number of aliphatic imine (C=N–C) groups is 1. The van der Waals surface area contributed by atoms with E-state index in [2.05, 4.69) is 65.6 Å². The lowest BCUT2D eigenvalue weighted by Gasteiger charge is -2.22. The summed E-state index contributed by atoms with van der Waals surface area (Å²) in [6.07, 6.45) is 0. The van der Waals surface area contributed by atoms with E-state index in [1.807, 2.05) is 14.0 Å². The van der Waals surface area contributed by atoms with Crippen LogP contribution in [-0.2, 0) is 17.9 Å². The lowest BCUT2D eigenvalue weighted by molar-refractivity contribution is 0.133. The van der Waals surface area contributed by atoms with Crippen molar-refractivity contribution in [3.05, 3.63) is 35.4 Å². The van der Waals surface area contributed by atoms with Crippen molar-refractivity contribution in [3.63, 3.8) is 0 Å². The Balaban J connectivity index is 1.91. The molecule has 5 heteroatoms. The highest BCUT2D eigenvalue weighted by Gasteiger charge is 2.31. The monoisotopic (exact) mass is 346 g/mol. The lowest BCUT2D eigenvalue weighted by atomic mass is 10.1. The van der Waals surface area contributed by atoms with Crippen LogP contribution in [0.5, 0.6) is 0 Å². The number of nitrogens with one attached hydrogen (secondary N) is 2. The molecule has 0 spiro atoms. The van der Waals surface area contributed by atoms with Gasteiger partial charge in [0.1, 0.15) is 0 Å². The molecule has 2 unspecified atom stereocenters. The van der Waals surface area contributed by atoms with Crippen LogP contribution in [0.1, 0.15) is 38.8 Å². The van der Waals surface area contributed by atoms with Crippen molar-refractivity contribution in [2.75, 3.05) is 26.7 Å². The summed E-state index contributed by atoms with van der Waals surface area (Å²) >= 11 is 0. The molecule has 0 aromatic heterocycles. The normalized spacial score (nSPS) is 21.8. The maximum absolute atomic E-state index is 5.57. The Kier molecular flexibility index (Phi) is 7.72. The van der Waals surface area contributed by atoms with Crippen LogP contribution in [0.3, 0.4) is 0 Å². The zero-order valence-corrected chi connectivity index (χ0v) is 16.4. The largest absolute Gasteiger partial charge is 0.377 e. The molecule has 0 amide bonds. The quantitative estimate of drug-likeness (QED) is 0.589. The summed E-state index contributed by atoms with van der Waals surface area (Å²) in [5.74, 6) is 1.49. The first-order valence-corrected chi connectivity index (χ1v) is 9.40. The molecule has 0 saturated carbocycles. The van der Waals surface area contributed by atoms with E-state index >= 15 is 0 Å². The summed E-state index contributed by atoms with van der Waals surface area (Å²) in [5.41, 5.74) is 2.48. The minimum absolute atomic E-state index is 0.437. The fraction of sp³-hybridized carbons (Fsp3) is 0.650. The third-order valence-electron chi connectivity index (χ3n) is 4.94. The summed E-state index contributed by atoms with van der Waals surface area (Å²) in [5, 5.41) is 7.06. The van der Waals surface area contributed by atoms with E-state index in [1.54, 1.807) is 0 Å². The minimum Gasteiger partial charge on any atom is -0.377 e. The van der Waals surface area contributed by atoms with Crippen molar-refractivity contribution in [2.24, 2.45) is 10.9 Å². The van der Waals surface area contributed by atoms with Crippen molar-refractivity contribution in [3.8, 4) is 0 Å². The number of likely N-dealkylation sites (tertiary alicyclic amines) is 1. The minimum atomic E-state index is 0.437. The molecule has 1 aliphatic heterocycles. The van der Waals surface area contributed by atoms with E-state index in [-0.39, 0.29) is 0 Å². The average Bonchev–Trinajstić information content (AvgIpc) is 2.98. The van der Waals surface area contributed by atoms with Crippen LogP contribution in [-0.4, -0.2) is 49.7 Å². The molecule has 0 bridgehead atoms. The first-order valence-electron chi connectivity index (χ1n) is 9.40. The fourth-order valence-electron chi connectivity index (χ4n) is 3.25. The van der Waals surface area contributed by atoms with Gasteiger partial charge in [-0.05, 0) is 37.8 Å². The average molecular weight is 347 g/mol. The Hall–Kier alpha value is -1.59. The smallest absolute Gasteiger partial charge is 0.191 e. The van der Waals surface area contributed by atoms with Crippen molar-refractivity contribution in [1.29, 1.82) is 0 Å². The predicted molar refractivity (Wildman–Crippen MR) is 105 cm³/mol. The maximum atomic E-state index is 5.57. The molecule has 0 radical (unpaired) electrons. The van der Waals surface area contributed by atoms with Crippen molar-refractivity contribution in [1.82, 2.24) is 15.5 Å². The molecule has 1 saturated heterocycles. The summed E-state index contributed by atoms with van der Waals surface area (Å²) < 4.78 is 5.57. The summed E-state index contributed by atoms with van der Waals surface area (Å²) in [7, 11) is 1.83. The molecular weight excluding hydrogens is 312 g/mol. The first kappa shape index (κ1) is 19.7. The van der Waals surface area contributed by atoms with E-state index in [0.29, 0.717) is 24.6 Å². The topological polar surface area (TPSA) is 48.9 Å². The Bertz CT molecular complexity index is 558. The van der Waals surface area contributed by atoms with Crippen LogP contribution in [0.25, 0.3) is 0 Å². The number of rotatable bonds is 7. The van der Waals surface area contributed by atoms with Crippen LogP contribution >= 0.6 is 0 Å². The van der Waals surface area contributed by atoms with Crippen LogP contribution in [0, 0.1) is 5.92 Å². The van der Waals surface area contributed by atoms with Gasteiger partial charge >= 0.3 is 0 Å². The molecule has 140 valence electrons. The van der Waals surface area contributed by atoms with Gasteiger partial charge in [-0.2, -0.15) is 0 Å². The van der Waals surface area contributed by atoms with Crippen LogP contribution in [0.2, 0.25) is 0 Å². The number of hydrogen-bond donors (Lipinski definition) is 2. The number of guanidine groups is 1. The van der Waals surface area contributed by atoms with Gasteiger partial charge in [0.2, 0.25) is 0 Å². The highest BCUT2D eigenvalue weighted by molar-refractivity contribution is 5.80. The molecule has 2 rings (SSSR count). The van der Waals surface area contributed by atoms with Gasteiger partial charge in [0, 0.05) is 45.4 Å². The van der Waals surface area contributed by atoms with E-state index < -0.39 is 0 Å². The van der Waals surface area contributed by atoms with Crippen molar-refractivity contribution in [2.45, 2.75) is 52.9 Å². The second kappa shape index (κ2) is 9.78. The van der Waals surface area contributed by atoms with Gasteiger partial charge in [-0.15, -0.1) is 0 Å². The van der Waals surface area contributed by atoms with E-state index in [4.69, 9.17) is 4.74 Å². The van der Waals surface area contributed by atoms with Gasteiger partial charge in [0.25, 0.3) is 0 Å². The van der Waals surface area contributed by atoms with Gasteiger partial charge < -0.3 is 15.4 Å². The number of benzene rings is 1. The maximum Gasteiger partial charge on any atom is 0.191 e. The standard InChI is InChI=1S/C20H34N4O/c1-6-25-14-18-10-8-7-9-17(18)11-22-20(21-5)23-19-13-24(15(2)3)12-16(19)4/h7-10,15-16,19H,6,11-14H2,1-5H3,(H2,21,22,23). The highest BCUT2D eigenvalue weighted by Crippen LogP contribution is 2.18. The van der Waals surface area contributed by atoms with E-state index in [0.717, 1.165) is 32.2 Å². The van der Waals surface area contributed by atoms with Gasteiger partial charge in [0.15, 0.2) is 5.96 Å². The Morgan fingerprint density at radius 2 is 2.00 bits per heavy atom. The molecular formula is C20H34N4O. The first-order chi connectivity index (χ1) is 12.0. The van der Waals surface area contributed by atoms with Gasteiger partial charge in [0.05, 0.1) is 6.61 Å². The number of nitrogens with zero attached hydrogens (tertiary/aromatic N) is 2. The molecule has 0 aliphatic carbocycles. The van der Waals surface area contributed by atoms with Gasteiger partial charge in [-0.1, -0.05) is 31.2 Å². The SMILES string of the molecule is CCOCc1ccccc1CNC(=NC)NC1CN(C(C)C)CC1C. The molecule has 1 aromatic carbocycles. The number of hydrogen-bond acceptors (Lipinski definition) is 3. The molecule has 25 heavy (non-hydrogen) atoms.